The van der Waals surface area contributed by atoms with Gasteiger partial charge in [-0.15, -0.1) is 0 Å². The van der Waals surface area contributed by atoms with Crippen molar-refractivity contribution in [3.63, 3.8) is 0 Å². The van der Waals surface area contributed by atoms with Gasteiger partial charge in [0.25, 0.3) is 0 Å². The Morgan fingerprint density at radius 2 is 1.70 bits per heavy atom. The second-order valence-electron chi connectivity index (χ2n) is 3.91. The average Bonchev–Trinajstić information content (AvgIpc) is 2.31. The number of benzene rings is 1. The van der Waals surface area contributed by atoms with Crippen LogP contribution >= 0.6 is 7.60 Å². The highest BCUT2D eigenvalue weighted by Crippen LogP contribution is 2.51. The van der Waals surface area contributed by atoms with Gasteiger partial charge in [0, 0.05) is 0 Å². The van der Waals surface area contributed by atoms with E-state index in [4.69, 9.17) is 9.05 Å². The first-order chi connectivity index (χ1) is 9.22. The predicted molar refractivity (Wildman–Crippen MR) is 66.0 cm³/mol. The van der Waals surface area contributed by atoms with Gasteiger partial charge in [-0.05, 0) is 31.5 Å². The molecule has 0 aliphatic carbocycles. The van der Waals surface area contributed by atoms with Gasteiger partial charge >= 0.3 is 13.8 Å². The Hall–Kier alpha value is -0.910. The van der Waals surface area contributed by atoms with E-state index in [9.17, 15) is 22.1 Å². The van der Waals surface area contributed by atoms with Crippen molar-refractivity contribution in [2.75, 3.05) is 13.2 Å². The second kappa shape index (κ2) is 6.70. The van der Waals surface area contributed by atoms with Gasteiger partial charge in [-0.25, -0.2) is 4.39 Å². The van der Waals surface area contributed by atoms with E-state index in [0.717, 1.165) is 12.1 Å². The van der Waals surface area contributed by atoms with Gasteiger partial charge in [-0.3, -0.25) is 4.57 Å². The molecule has 0 unspecified atom stereocenters. The molecule has 0 N–H and O–H groups in total. The molecule has 0 spiro atoms. The Labute approximate surface area is 114 Å². The van der Waals surface area contributed by atoms with Crippen molar-refractivity contribution >= 4 is 7.60 Å². The summed E-state index contributed by atoms with van der Waals surface area (Å²) in [5.41, 5.74) is -1.23. The fourth-order valence-electron chi connectivity index (χ4n) is 1.58. The Balaban J connectivity index is 3.00. The van der Waals surface area contributed by atoms with E-state index in [1.165, 1.54) is 0 Å². The number of hydrogen-bond donors (Lipinski definition) is 0. The third-order valence-corrected chi connectivity index (χ3v) is 4.43. The molecule has 1 aromatic rings. The minimum atomic E-state index is -4.62. The van der Waals surface area contributed by atoms with Crippen molar-refractivity contribution in [3.05, 3.63) is 35.1 Å². The molecule has 0 saturated carbocycles. The maximum atomic E-state index is 13.7. The van der Waals surface area contributed by atoms with Crippen molar-refractivity contribution in [3.8, 4) is 0 Å². The molecule has 0 aliphatic rings. The molecule has 0 radical (unpaired) electrons. The number of rotatable bonds is 6. The lowest BCUT2D eigenvalue weighted by atomic mass is 10.1. The van der Waals surface area contributed by atoms with Crippen LogP contribution in [0.4, 0.5) is 17.6 Å². The molecular weight excluding hydrogens is 299 g/mol. The molecule has 0 heterocycles. The largest absolute Gasteiger partial charge is 0.416 e. The first-order valence-corrected chi connectivity index (χ1v) is 7.68. The quantitative estimate of drug-likeness (QED) is 0.568. The molecule has 0 amide bonds. The van der Waals surface area contributed by atoms with E-state index in [1.54, 1.807) is 13.8 Å². The first kappa shape index (κ1) is 17.1. The maximum absolute atomic E-state index is 13.7. The van der Waals surface area contributed by atoms with Gasteiger partial charge in [0.1, 0.15) is 5.82 Å². The third-order valence-electron chi connectivity index (χ3n) is 2.40. The Bertz CT molecular complexity index is 492. The number of halogens is 4. The fourth-order valence-corrected chi connectivity index (χ4v) is 3.30. The Morgan fingerprint density at radius 3 is 2.10 bits per heavy atom. The van der Waals surface area contributed by atoms with Crippen LogP contribution in [0.2, 0.25) is 0 Å². The summed E-state index contributed by atoms with van der Waals surface area (Å²) < 4.78 is 73.0. The molecule has 1 rings (SSSR count). The van der Waals surface area contributed by atoms with Crippen molar-refractivity contribution in [2.24, 2.45) is 0 Å². The van der Waals surface area contributed by atoms with Crippen LogP contribution < -0.4 is 0 Å². The van der Waals surface area contributed by atoms with Crippen LogP contribution in [0.3, 0.4) is 0 Å². The van der Waals surface area contributed by atoms with Crippen LogP contribution in [0.25, 0.3) is 0 Å². The molecular formula is C12H15F4O3P. The van der Waals surface area contributed by atoms with Crippen LogP contribution in [0.15, 0.2) is 18.2 Å². The molecule has 3 nitrogen and oxygen atoms in total. The summed E-state index contributed by atoms with van der Waals surface area (Å²) in [6, 6.07) is 2.06. The van der Waals surface area contributed by atoms with E-state index in [1.807, 2.05) is 0 Å². The van der Waals surface area contributed by atoms with Crippen molar-refractivity contribution in [1.82, 2.24) is 0 Å². The molecule has 0 aromatic heterocycles. The van der Waals surface area contributed by atoms with Crippen molar-refractivity contribution in [1.29, 1.82) is 0 Å². The molecule has 0 fully saturated rings. The summed E-state index contributed by atoms with van der Waals surface area (Å²) in [5.74, 6) is -1.08. The van der Waals surface area contributed by atoms with Crippen LogP contribution in [-0.4, -0.2) is 13.2 Å². The summed E-state index contributed by atoms with van der Waals surface area (Å²) in [5, 5.41) is 0. The summed E-state index contributed by atoms with van der Waals surface area (Å²) in [7, 11) is -3.55. The van der Waals surface area contributed by atoms with Gasteiger partial charge in [-0.1, -0.05) is 6.07 Å². The minimum absolute atomic E-state index is 0.0968. The van der Waals surface area contributed by atoms with Crippen LogP contribution in [0.1, 0.15) is 25.0 Å². The second-order valence-corrected chi connectivity index (χ2v) is 5.96. The zero-order valence-electron chi connectivity index (χ0n) is 11.0. The zero-order valence-corrected chi connectivity index (χ0v) is 11.9. The average molecular weight is 314 g/mol. The van der Waals surface area contributed by atoms with E-state index >= 15 is 0 Å². The Kier molecular flexibility index (Phi) is 5.74. The molecule has 20 heavy (non-hydrogen) atoms. The highest BCUT2D eigenvalue weighted by atomic mass is 31.2. The van der Waals surface area contributed by atoms with Gasteiger partial charge in [0.15, 0.2) is 0 Å². The van der Waals surface area contributed by atoms with E-state index in [0.29, 0.717) is 6.07 Å². The normalized spacial score (nSPS) is 12.7. The molecule has 114 valence electrons. The van der Waals surface area contributed by atoms with E-state index in [-0.39, 0.29) is 18.8 Å². The summed E-state index contributed by atoms with van der Waals surface area (Å²) in [6.07, 6.45) is -5.03. The summed E-state index contributed by atoms with van der Waals surface area (Å²) in [6.45, 7) is 3.38. The minimum Gasteiger partial charge on any atom is -0.309 e. The standard InChI is InChI=1S/C12H15F4O3P/c1-3-18-20(17,19-4-2)8-9-5-6-10(7-11(9)13)12(14,15)16/h5-7H,3-4,8H2,1-2H3. The van der Waals surface area contributed by atoms with Gasteiger partial charge in [-0.2, -0.15) is 13.2 Å². The number of alkyl halides is 3. The molecule has 0 atom stereocenters. The van der Waals surface area contributed by atoms with Crippen molar-refractivity contribution < 1.29 is 31.2 Å². The lowest BCUT2D eigenvalue weighted by Crippen LogP contribution is -2.07. The maximum Gasteiger partial charge on any atom is 0.416 e. The summed E-state index contributed by atoms with van der Waals surface area (Å²) in [4.78, 5) is 0. The first-order valence-electron chi connectivity index (χ1n) is 5.95. The van der Waals surface area contributed by atoms with Gasteiger partial charge in [0.2, 0.25) is 0 Å². The molecule has 0 saturated heterocycles. The monoisotopic (exact) mass is 314 g/mol. The highest BCUT2D eigenvalue weighted by molar-refractivity contribution is 7.53. The van der Waals surface area contributed by atoms with E-state index < -0.39 is 31.3 Å². The van der Waals surface area contributed by atoms with Crippen molar-refractivity contribution in [2.45, 2.75) is 26.2 Å². The van der Waals surface area contributed by atoms with Gasteiger partial charge in [0.05, 0.1) is 24.9 Å². The molecule has 0 aliphatic heterocycles. The lowest BCUT2D eigenvalue weighted by molar-refractivity contribution is -0.137. The van der Waals surface area contributed by atoms with Crippen LogP contribution in [0, 0.1) is 5.82 Å². The molecule has 1 aromatic carbocycles. The molecule has 8 heteroatoms. The Morgan fingerprint density at radius 1 is 1.15 bits per heavy atom. The molecule has 0 bridgehead atoms. The topological polar surface area (TPSA) is 35.5 Å². The zero-order chi connectivity index (χ0) is 15.4. The van der Waals surface area contributed by atoms with Gasteiger partial charge < -0.3 is 9.05 Å². The van der Waals surface area contributed by atoms with E-state index in [2.05, 4.69) is 0 Å². The predicted octanol–water partition coefficient (Wildman–Crippen LogP) is 4.61. The van der Waals surface area contributed by atoms with Crippen LogP contribution in [0.5, 0.6) is 0 Å². The lowest BCUT2D eigenvalue weighted by Gasteiger charge is -2.17. The highest BCUT2D eigenvalue weighted by Gasteiger charge is 2.32. The summed E-state index contributed by atoms with van der Waals surface area (Å²) >= 11 is 0. The fraction of sp³-hybridized carbons (Fsp3) is 0.500. The SMILES string of the molecule is CCOP(=O)(Cc1ccc(C(F)(F)F)cc1F)OCC. The smallest absolute Gasteiger partial charge is 0.309 e. The number of hydrogen-bond acceptors (Lipinski definition) is 3. The third kappa shape index (κ3) is 4.58. The van der Waals surface area contributed by atoms with Crippen LogP contribution in [-0.2, 0) is 26.0 Å².